The molecule has 0 atom stereocenters. The number of dihydropyridines is 1. The van der Waals surface area contributed by atoms with Crippen LogP contribution in [0.5, 0.6) is 0 Å². The normalized spacial score (nSPS) is 15.4. The second-order valence-corrected chi connectivity index (χ2v) is 7.20. The first-order chi connectivity index (χ1) is 10.2. The SMILES string of the molecule is CCC(=O)c1cc(C)c(C)cc1C1=CCN=C(C(C)(C)C)C1. The standard InChI is InChI=1S/C20H27NO/c1-7-18(22)17-11-14(3)13(2)10-16(17)15-8-9-21-19(12-15)20(4,5)6/h8,10-11H,7,9,12H2,1-6H3. The lowest BCUT2D eigenvalue weighted by atomic mass is 9.81. The first-order valence-electron chi connectivity index (χ1n) is 8.11. The molecule has 0 saturated carbocycles. The number of allylic oxidation sites excluding steroid dienone is 1. The number of benzene rings is 1. The van der Waals surface area contributed by atoms with Crippen LogP contribution in [0.3, 0.4) is 0 Å². The number of hydrogen-bond acceptors (Lipinski definition) is 2. The van der Waals surface area contributed by atoms with Gasteiger partial charge in [-0.25, -0.2) is 0 Å². The molecule has 2 heteroatoms. The number of rotatable bonds is 3. The molecule has 22 heavy (non-hydrogen) atoms. The monoisotopic (exact) mass is 297 g/mol. The van der Waals surface area contributed by atoms with Crippen LogP contribution in [0.1, 0.15) is 67.6 Å². The summed E-state index contributed by atoms with van der Waals surface area (Å²) in [6, 6.07) is 4.23. The number of aliphatic imine (C=N–C) groups is 1. The van der Waals surface area contributed by atoms with Crippen molar-refractivity contribution >= 4 is 17.1 Å². The molecule has 2 rings (SSSR count). The van der Waals surface area contributed by atoms with Crippen LogP contribution in [0.25, 0.3) is 5.57 Å². The molecule has 1 aromatic rings. The van der Waals surface area contributed by atoms with Gasteiger partial charge in [0.05, 0.1) is 6.54 Å². The van der Waals surface area contributed by atoms with Crippen LogP contribution in [0.2, 0.25) is 0 Å². The van der Waals surface area contributed by atoms with Crippen molar-refractivity contribution in [2.45, 2.75) is 54.4 Å². The summed E-state index contributed by atoms with van der Waals surface area (Å²) in [4.78, 5) is 17.0. The molecule has 118 valence electrons. The minimum Gasteiger partial charge on any atom is -0.294 e. The van der Waals surface area contributed by atoms with Crippen LogP contribution in [-0.4, -0.2) is 18.0 Å². The zero-order chi connectivity index (χ0) is 16.5. The van der Waals surface area contributed by atoms with Gasteiger partial charge in [-0.15, -0.1) is 0 Å². The molecular weight excluding hydrogens is 270 g/mol. The Morgan fingerprint density at radius 2 is 1.82 bits per heavy atom. The van der Waals surface area contributed by atoms with Gasteiger partial charge in [-0.1, -0.05) is 39.8 Å². The molecule has 1 aliphatic heterocycles. The van der Waals surface area contributed by atoms with E-state index in [0.717, 1.165) is 17.5 Å². The van der Waals surface area contributed by atoms with Gasteiger partial charge in [-0.05, 0) is 42.2 Å². The molecule has 0 saturated heterocycles. The predicted molar refractivity (Wildman–Crippen MR) is 94.9 cm³/mol. The number of hydrogen-bond donors (Lipinski definition) is 0. The van der Waals surface area contributed by atoms with E-state index in [1.807, 2.05) is 6.92 Å². The van der Waals surface area contributed by atoms with Gasteiger partial charge < -0.3 is 0 Å². The van der Waals surface area contributed by atoms with Gasteiger partial charge in [0.25, 0.3) is 0 Å². The number of nitrogens with zero attached hydrogens (tertiary/aromatic N) is 1. The Kier molecular flexibility index (Phi) is 4.69. The molecule has 0 spiro atoms. The van der Waals surface area contributed by atoms with E-state index in [1.54, 1.807) is 0 Å². The van der Waals surface area contributed by atoms with Crippen molar-refractivity contribution in [3.8, 4) is 0 Å². The molecule has 1 aromatic carbocycles. The van der Waals surface area contributed by atoms with E-state index in [0.29, 0.717) is 13.0 Å². The minimum atomic E-state index is 0.0776. The third kappa shape index (κ3) is 3.37. The molecule has 0 amide bonds. The van der Waals surface area contributed by atoms with Crippen LogP contribution >= 0.6 is 0 Å². The summed E-state index contributed by atoms with van der Waals surface area (Å²) in [5.74, 6) is 0.221. The number of Topliss-reactive ketones (excluding diaryl/α,β-unsaturated/α-hetero) is 1. The lowest BCUT2D eigenvalue weighted by Crippen LogP contribution is -2.23. The van der Waals surface area contributed by atoms with Gasteiger partial charge in [-0.3, -0.25) is 9.79 Å². The quantitative estimate of drug-likeness (QED) is 0.708. The molecule has 0 fully saturated rings. The van der Waals surface area contributed by atoms with Crippen molar-refractivity contribution in [2.24, 2.45) is 10.4 Å². The van der Waals surface area contributed by atoms with Crippen molar-refractivity contribution < 1.29 is 4.79 Å². The third-order valence-corrected chi connectivity index (χ3v) is 4.44. The molecule has 0 bridgehead atoms. The molecule has 0 N–H and O–H groups in total. The van der Waals surface area contributed by atoms with Crippen LogP contribution in [0.15, 0.2) is 23.2 Å². The lowest BCUT2D eigenvalue weighted by Gasteiger charge is -2.26. The van der Waals surface area contributed by atoms with Crippen LogP contribution < -0.4 is 0 Å². The molecule has 0 unspecified atom stereocenters. The topological polar surface area (TPSA) is 29.4 Å². The Bertz CT molecular complexity index is 657. The van der Waals surface area contributed by atoms with E-state index in [9.17, 15) is 4.79 Å². The lowest BCUT2D eigenvalue weighted by molar-refractivity contribution is 0.0988. The fourth-order valence-corrected chi connectivity index (χ4v) is 2.79. The summed E-state index contributed by atoms with van der Waals surface area (Å²) in [6.45, 7) is 13.4. The van der Waals surface area contributed by atoms with Crippen LogP contribution in [0, 0.1) is 19.3 Å². The van der Waals surface area contributed by atoms with E-state index < -0.39 is 0 Å². The fraction of sp³-hybridized carbons (Fsp3) is 0.500. The Hall–Kier alpha value is -1.70. The summed E-state index contributed by atoms with van der Waals surface area (Å²) < 4.78 is 0. The highest BCUT2D eigenvalue weighted by molar-refractivity contribution is 6.05. The van der Waals surface area contributed by atoms with Crippen molar-refractivity contribution in [1.29, 1.82) is 0 Å². The molecule has 1 aliphatic rings. The summed E-state index contributed by atoms with van der Waals surface area (Å²) in [5.41, 5.74) is 6.94. The smallest absolute Gasteiger partial charge is 0.163 e. The first kappa shape index (κ1) is 16.7. The average molecular weight is 297 g/mol. The number of aryl methyl sites for hydroxylation is 2. The molecule has 1 heterocycles. The molecule has 0 aromatic heterocycles. The van der Waals surface area contributed by atoms with Gasteiger partial charge in [0, 0.05) is 29.5 Å². The Labute approximate surface area is 134 Å². The minimum absolute atomic E-state index is 0.0776. The molecular formula is C20H27NO. The highest BCUT2D eigenvalue weighted by Gasteiger charge is 2.24. The average Bonchev–Trinajstić information content (AvgIpc) is 2.48. The Balaban J connectivity index is 2.47. The third-order valence-electron chi connectivity index (χ3n) is 4.44. The maximum atomic E-state index is 12.4. The zero-order valence-electron chi connectivity index (χ0n) is 14.7. The maximum absolute atomic E-state index is 12.4. The van der Waals surface area contributed by atoms with E-state index >= 15 is 0 Å². The van der Waals surface area contributed by atoms with E-state index in [2.05, 4.69) is 57.8 Å². The molecule has 2 nitrogen and oxygen atoms in total. The Morgan fingerprint density at radius 1 is 1.18 bits per heavy atom. The predicted octanol–water partition coefficient (Wildman–Crippen LogP) is 5.17. The van der Waals surface area contributed by atoms with Crippen LogP contribution in [0.4, 0.5) is 0 Å². The van der Waals surface area contributed by atoms with Crippen molar-refractivity contribution in [2.75, 3.05) is 6.54 Å². The number of carbonyl (C=O) groups is 1. The van der Waals surface area contributed by atoms with Gasteiger partial charge in [0.15, 0.2) is 5.78 Å². The van der Waals surface area contributed by atoms with Gasteiger partial charge in [0.2, 0.25) is 0 Å². The van der Waals surface area contributed by atoms with Gasteiger partial charge >= 0.3 is 0 Å². The maximum Gasteiger partial charge on any atom is 0.163 e. The largest absolute Gasteiger partial charge is 0.294 e. The highest BCUT2D eigenvalue weighted by atomic mass is 16.1. The van der Waals surface area contributed by atoms with Crippen LogP contribution in [-0.2, 0) is 0 Å². The summed E-state index contributed by atoms with van der Waals surface area (Å²) in [7, 11) is 0. The number of ketones is 1. The van der Waals surface area contributed by atoms with Gasteiger partial charge in [0.1, 0.15) is 0 Å². The molecule has 0 aliphatic carbocycles. The van der Waals surface area contributed by atoms with E-state index in [1.165, 1.54) is 22.4 Å². The zero-order valence-corrected chi connectivity index (χ0v) is 14.7. The fourth-order valence-electron chi connectivity index (χ4n) is 2.79. The van der Waals surface area contributed by atoms with Gasteiger partial charge in [-0.2, -0.15) is 0 Å². The second-order valence-electron chi connectivity index (χ2n) is 7.20. The Morgan fingerprint density at radius 3 is 2.41 bits per heavy atom. The van der Waals surface area contributed by atoms with Crippen molar-refractivity contribution in [1.82, 2.24) is 0 Å². The number of carbonyl (C=O) groups excluding carboxylic acids is 1. The van der Waals surface area contributed by atoms with E-state index in [-0.39, 0.29) is 11.2 Å². The van der Waals surface area contributed by atoms with Crippen molar-refractivity contribution in [3.05, 3.63) is 40.5 Å². The summed E-state index contributed by atoms with van der Waals surface area (Å²) >= 11 is 0. The van der Waals surface area contributed by atoms with Crippen molar-refractivity contribution in [3.63, 3.8) is 0 Å². The highest BCUT2D eigenvalue weighted by Crippen LogP contribution is 2.32. The first-order valence-corrected chi connectivity index (χ1v) is 8.11. The second kappa shape index (κ2) is 6.20. The van der Waals surface area contributed by atoms with E-state index in [4.69, 9.17) is 0 Å². The summed E-state index contributed by atoms with van der Waals surface area (Å²) in [6.07, 6.45) is 3.56. The molecule has 0 radical (unpaired) electrons. The summed E-state index contributed by atoms with van der Waals surface area (Å²) in [5, 5.41) is 0.